The van der Waals surface area contributed by atoms with Crippen LogP contribution in [0.25, 0.3) is 0 Å². The van der Waals surface area contributed by atoms with Crippen molar-refractivity contribution in [1.29, 1.82) is 0 Å². The second-order valence-electron chi connectivity index (χ2n) is 4.03. The van der Waals surface area contributed by atoms with Gasteiger partial charge in [0.15, 0.2) is 0 Å². The molecule has 0 saturated carbocycles. The number of nitrogens with one attached hydrogen (secondary N) is 1. The summed E-state index contributed by atoms with van der Waals surface area (Å²) in [5.41, 5.74) is 0.892. The van der Waals surface area contributed by atoms with E-state index in [-0.39, 0.29) is 0 Å². The molecule has 0 aliphatic rings. The Morgan fingerprint density at radius 1 is 1.33 bits per heavy atom. The fourth-order valence-corrected chi connectivity index (χ4v) is 2.76. The van der Waals surface area contributed by atoms with Crippen molar-refractivity contribution in [1.82, 2.24) is 4.31 Å². The molecule has 0 fully saturated rings. The molecule has 18 heavy (non-hydrogen) atoms. The van der Waals surface area contributed by atoms with Crippen LogP contribution in [-0.4, -0.2) is 33.4 Å². The van der Waals surface area contributed by atoms with Crippen molar-refractivity contribution < 1.29 is 8.42 Å². The molecule has 0 atom stereocenters. The molecule has 0 aliphatic heterocycles. The lowest BCUT2D eigenvalue weighted by Crippen LogP contribution is -2.27. The number of allylic oxidation sites excluding steroid dienone is 1. The van der Waals surface area contributed by atoms with Gasteiger partial charge in [0.2, 0.25) is 10.0 Å². The Bertz CT molecular complexity index is 480. The molecule has 5 heteroatoms. The zero-order valence-corrected chi connectivity index (χ0v) is 11.7. The van der Waals surface area contributed by atoms with Gasteiger partial charge in [-0.1, -0.05) is 6.08 Å². The van der Waals surface area contributed by atoms with Crippen LogP contribution in [0.2, 0.25) is 0 Å². The van der Waals surface area contributed by atoms with E-state index in [0.29, 0.717) is 11.4 Å². The van der Waals surface area contributed by atoms with E-state index in [1.165, 1.54) is 4.31 Å². The fourth-order valence-electron chi connectivity index (χ4n) is 1.55. The molecule has 0 aliphatic carbocycles. The van der Waals surface area contributed by atoms with Crippen LogP contribution in [-0.2, 0) is 10.0 Å². The SMILES string of the molecule is C=CCCCN(C)S(=O)(=O)c1ccc(NC)cc1. The summed E-state index contributed by atoms with van der Waals surface area (Å²) in [6.07, 6.45) is 3.40. The maximum Gasteiger partial charge on any atom is 0.242 e. The lowest BCUT2D eigenvalue weighted by Gasteiger charge is -2.17. The molecule has 0 amide bonds. The second-order valence-corrected chi connectivity index (χ2v) is 6.08. The highest BCUT2D eigenvalue weighted by molar-refractivity contribution is 7.89. The van der Waals surface area contributed by atoms with Crippen molar-refractivity contribution in [2.75, 3.05) is 26.0 Å². The third-order valence-electron chi connectivity index (χ3n) is 2.73. The van der Waals surface area contributed by atoms with Gasteiger partial charge in [-0.05, 0) is 37.1 Å². The third-order valence-corrected chi connectivity index (χ3v) is 4.60. The molecule has 0 radical (unpaired) electrons. The van der Waals surface area contributed by atoms with Crippen LogP contribution in [0.5, 0.6) is 0 Å². The molecule has 100 valence electrons. The first-order valence-corrected chi connectivity index (χ1v) is 7.31. The van der Waals surface area contributed by atoms with E-state index in [1.54, 1.807) is 44.4 Å². The minimum atomic E-state index is -3.37. The molecule has 0 bridgehead atoms. The lowest BCUT2D eigenvalue weighted by atomic mass is 10.3. The Balaban J connectivity index is 2.80. The van der Waals surface area contributed by atoms with Crippen LogP contribution in [0.1, 0.15) is 12.8 Å². The lowest BCUT2D eigenvalue weighted by molar-refractivity contribution is 0.463. The van der Waals surface area contributed by atoms with E-state index in [2.05, 4.69) is 11.9 Å². The van der Waals surface area contributed by atoms with Gasteiger partial charge in [0.1, 0.15) is 0 Å². The second kappa shape index (κ2) is 6.56. The molecule has 1 N–H and O–H groups in total. The third kappa shape index (κ3) is 3.58. The summed E-state index contributed by atoms with van der Waals surface area (Å²) in [5, 5.41) is 2.96. The maximum absolute atomic E-state index is 12.2. The number of nitrogens with zero attached hydrogens (tertiary/aromatic N) is 1. The Labute approximate surface area is 109 Å². The average molecular weight is 268 g/mol. The number of benzene rings is 1. The summed E-state index contributed by atoms with van der Waals surface area (Å²) < 4.78 is 25.8. The van der Waals surface area contributed by atoms with Gasteiger partial charge in [0.05, 0.1) is 4.90 Å². The topological polar surface area (TPSA) is 49.4 Å². The molecule has 1 rings (SSSR count). The van der Waals surface area contributed by atoms with Crippen molar-refractivity contribution in [3.8, 4) is 0 Å². The average Bonchev–Trinajstić information content (AvgIpc) is 2.39. The van der Waals surface area contributed by atoms with Gasteiger partial charge in [-0.15, -0.1) is 6.58 Å². The molecule has 4 nitrogen and oxygen atoms in total. The summed E-state index contributed by atoms with van der Waals surface area (Å²) in [4.78, 5) is 0.322. The first-order chi connectivity index (χ1) is 8.52. The normalized spacial score (nSPS) is 11.5. The van der Waals surface area contributed by atoms with Gasteiger partial charge in [-0.2, -0.15) is 0 Å². The summed E-state index contributed by atoms with van der Waals surface area (Å²) in [5.74, 6) is 0. The van der Waals surface area contributed by atoms with Gasteiger partial charge in [0.25, 0.3) is 0 Å². The molecular weight excluding hydrogens is 248 g/mol. The zero-order chi connectivity index (χ0) is 13.6. The minimum Gasteiger partial charge on any atom is -0.388 e. The quantitative estimate of drug-likeness (QED) is 0.610. The standard InChI is InChI=1S/C13H20N2O2S/c1-4-5-6-11-15(3)18(16,17)13-9-7-12(14-2)8-10-13/h4,7-10,14H,1,5-6,11H2,2-3H3. The summed E-state index contributed by atoms with van der Waals surface area (Å²) >= 11 is 0. The Morgan fingerprint density at radius 3 is 2.44 bits per heavy atom. The Morgan fingerprint density at radius 2 is 1.94 bits per heavy atom. The number of unbranched alkanes of at least 4 members (excludes halogenated alkanes) is 1. The highest BCUT2D eigenvalue weighted by atomic mass is 32.2. The molecular formula is C13H20N2O2S. The molecule has 0 aromatic heterocycles. The van der Waals surface area contributed by atoms with E-state index >= 15 is 0 Å². The van der Waals surface area contributed by atoms with E-state index < -0.39 is 10.0 Å². The van der Waals surface area contributed by atoms with Gasteiger partial charge in [0, 0.05) is 26.3 Å². The van der Waals surface area contributed by atoms with Crippen LogP contribution < -0.4 is 5.32 Å². The Kier molecular flexibility index (Phi) is 5.37. The van der Waals surface area contributed by atoms with Gasteiger partial charge < -0.3 is 5.32 Å². The van der Waals surface area contributed by atoms with E-state index in [4.69, 9.17) is 0 Å². The summed E-state index contributed by atoms with van der Waals surface area (Å²) in [7, 11) is 0.0250. The number of sulfonamides is 1. The molecule has 0 spiro atoms. The van der Waals surface area contributed by atoms with Crippen molar-refractivity contribution in [2.45, 2.75) is 17.7 Å². The molecule has 0 unspecified atom stereocenters. The van der Waals surface area contributed by atoms with Crippen LogP contribution in [0.15, 0.2) is 41.8 Å². The smallest absolute Gasteiger partial charge is 0.242 e. The number of hydrogen-bond acceptors (Lipinski definition) is 3. The van der Waals surface area contributed by atoms with E-state index in [1.807, 2.05) is 0 Å². The minimum absolute atomic E-state index is 0.322. The number of hydrogen-bond donors (Lipinski definition) is 1. The first kappa shape index (κ1) is 14.7. The van der Waals surface area contributed by atoms with Crippen molar-refractivity contribution in [2.24, 2.45) is 0 Å². The van der Waals surface area contributed by atoms with E-state index in [0.717, 1.165) is 18.5 Å². The number of rotatable bonds is 7. The van der Waals surface area contributed by atoms with Crippen LogP contribution in [0.3, 0.4) is 0 Å². The van der Waals surface area contributed by atoms with Crippen molar-refractivity contribution >= 4 is 15.7 Å². The molecule has 0 saturated heterocycles. The maximum atomic E-state index is 12.2. The van der Waals surface area contributed by atoms with Gasteiger partial charge >= 0.3 is 0 Å². The Hall–Kier alpha value is -1.33. The largest absolute Gasteiger partial charge is 0.388 e. The van der Waals surface area contributed by atoms with Crippen molar-refractivity contribution in [3.05, 3.63) is 36.9 Å². The van der Waals surface area contributed by atoms with E-state index in [9.17, 15) is 8.42 Å². The number of anilines is 1. The van der Waals surface area contributed by atoms with Gasteiger partial charge in [-0.3, -0.25) is 0 Å². The van der Waals surface area contributed by atoms with Crippen molar-refractivity contribution in [3.63, 3.8) is 0 Å². The molecule has 1 aromatic carbocycles. The summed E-state index contributed by atoms with van der Waals surface area (Å²) in [6, 6.07) is 6.74. The molecule has 1 aromatic rings. The predicted octanol–water partition coefficient (Wildman–Crippen LogP) is 2.32. The monoisotopic (exact) mass is 268 g/mol. The fraction of sp³-hybridized carbons (Fsp3) is 0.385. The van der Waals surface area contributed by atoms with Crippen LogP contribution in [0, 0.1) is 0 Å². The van der Waals surface area contributed by atoms with Crippen LogP contribution in [0.4, 0.5) is 5.69 Å². The predicted molar refractivity (Wildman–Crippen MR) is 75.2 cm³/mol. The highest BCUT2D eigenvalue weighted by Gasteiger charge is 2.19. The van der Waals surface area contributed by atoms with Crippen LogP contribution >= 0.6 is 0 Å². The van der Waals surface area contributed by atoms with Gasteiger partial charge in [-0.25, -0.2) is 12.7 Å². The highest BCUT2D eigenvalue weighted by Crippen LogP contribution is 2.17. The molecule has 0 heterocycles. The summed E-state index contributed by atoms with van der Waals surface area (Å²) in [6.45, 7) is 4.12. The first-order valence-electron chi connectivity index (χ1n) is 5.87. The zero-order valence-electron chi connectivity index (χ0n) is 10.9.